The van der Waals surface area contributed by atoms with E-state index in [2.05, 4.69) is 39.7 Å². The number of anilines is 1. The minimum Gasteiger partial charge on any atom is -0.296 e. The second-order valence-electron chi connectivity index (χ2n) is 6.73. The second-order valence-corrected chi connectivity index (χ2v) is 7.59. The molecule has 1 amide bonds. The summed E-state index contributed by atoms with van der Waals surface area (Å²) in [7, 11) is 0. The number of amides is 1. The van der Waals surface area contributed by atoms with Gasteiger partial charge < -0.3 is 0 Å². The van der Waals surface area contributed by atoms with Crippen molar-refractivity contribution < 1.29 is 4.79 Å². The van der Waals surface area contributed by atoms with E-state index in [0.29, 0.717) is 10.8 Å². The Kier molecular flexibility index (Phi) is 4.49. The molecule has 2 aromatic heterocycles. The molecule has 0 bridgehead atoms. The lowest BCUT2D eigenvalue weighted by atomic mass is 10.0. The molecule has 6 heteroatoms. The number of fused-ring (bicyclic) bond motifs is 1. The van der Waals surface area contributed by atoms with E-state index >= 15 is 0 Å². The predicted molar refractivity (Wildman–Crippen MR) is 110 cm³/mol. The summed E-state index contributed by atoms with van der Waals surface area (Å²) in [4.78, 5) is 17.2. The molecule has 0 spiro atoms. The van der Waals surface area contributed by atoms with Gasteiger partial charge in [0.2, 0.25) is 0 Å². The third-order valence-electron chi connectivity index (χ3n) is 4.43. The number of aromatic nitrogens is 3. The zero-order chi connectivity index (χ0) is 19.0. The first-order valence-corrected chi connectivity index (χ1v) is 9.72. The van der Waals surface area contributed by atoms with Crippen LogP contribution in [0.2, 0.25) is 0 Å². The van der Waals surface area contributed by atoms with Crippen molar-refractivity contribution >= 4 is 33.1 Å². The smallest absolute Gasteiger partial charge is 0.277 e. The number of thiazole rings is 1. The molecular formula is C21H20N4OS. The van der Waals surface area contributed by atoms with E-state index in [1.54, 1.807) is 6.07 Å². The third kappa shape index (κ3) is 3.36. The maximum Gasteiger partial charge on any atom is 0.277 e. The van der Waals surface area contributed by atoms with E-state index in [1.165, 1.54) is 16.7 Å². The molecule has 5 nitrogen and oxygen atoms in total. The molecule has 0 radical (unpaired) electrons. The van der Waals surface area contributed by atoms with Crippen LogP contribution in [0.4, 0.5) is 5.13 Å². The van der Waals surface area contributed by atoms with Gasteiger partial charge in [-0.25, -0.2) is 4.98 Å². The summed E-state index contributed by atoms with van der Waals surface area (Å²) in [6.45, 7) is 6.03. The predicted octanol–water partition coefficient (Wildman–Crippen LogP) is 5.30. The van der Waals surface area contributed by atoms with Crippen molar-refractivity contribution in [2.45, 2.75) is 26.8 Å². The van der Waals surface area contributed by atoms with Crippen LogP contribution < -0.4 is 5.32 Å². The molecule has 0 aliphatic rings. The number of rotatable bonds is 4. The molecule has 1 N–H and O–H groups in total. The summed E-state index contributed by atoms with van der Waals surface area (Å²) in [6.07, 6.45) is 0. The Morgan fingerprint density at radius 2 is 1.93 bits per heavy atom. The minimum atomic E-state index is -0.240. The number of nitrogens with one attached hydrogen (secondary N) is 1. The zero-order valence-corrected chi connectivity index (χ0v) is 16.2. The van der Waals surface area contributed by atoms with Gasteiger partial charge in [0.05, 0.1) is 5.69 Å². The molecule has 4 rings (SSSR count). The van der Waals surface area contributed by atoms with Crippen LogP contribution in [0.1, 0.15) is 36.1 Å². The van der Waals surface area contributed by atoms with E-state index in [4.69, 9.17) is 0 Å². The molecule has 2 heterocycles. The van der Waals surface area contributed by atoms with Crippen molar-refractivity contribution in [3.05, 3.63) is 65.3 Å². The number of nitrogens with zero attached hydrogens (tertiary/aromatic N) is 3. The monoisotopic (exact) mass is 376 g/mol. The fraction of sp³-hybridized carbons (Fsp3) is 0.190. The first kappa shape index (κ1) is 17.4. The first-order valence-electron chi connectivity index (χ1n) is 8.84. The van der Waals surface area contributed by atoms with Crippen LogP contribution in [-0.4, -0.2) is 20.7 Å². The second kappa shape index (κ2) is 6.96. The van der Waals surface area contributed by atoms with Gasteiger partial charge in [-0.1, -0.05) is 42.5 Å². The molecule has 27 heavy (non-hydrogen) atoms. The molecule has 0 saturated heterocycles. The van der Waals surface area contributed by atoms with E-state index in [9.17, 15) is 4.79 Å². The topological polar surface area (TPSA) is 59.8 Å². The highest BCUT2D eigenvalue weighted by Gasteiger charge is 2.16. The average Bonchev–Trinajstić information content (AvgIpc) is 3.28. The molecule has 0 aliphatic heterocycles. The average molecular weight is 376 g/mol. The summed E-state index contributed by atoms with van der Waals surface area (Å²) in [5.41, 5.74) is 3.29. The Balaban J connectivity index is 1.59. The van der Waals surface area contributed by atoms with Crippen molar-refractivity contribution in [1.29, 1.82) is 0 Å². The molecule has 136 valence electrons. The van der Waals surface area contributed by atoms with Crippen LogP contribution in [0.3, 0.4) is 0 Å². The maximum atomic E-state index is 12.5. The number of hydrogen-bond donors (Lipinski definition) is 1. The van der Waals surface area contributed by atoms with Gasteiger partial charge in [-0.15, -0.1) is 11.3 Å². The standard InChI is InChI=1S/C21H20N4OS/c1-13(2)25-14(3)11-18(24-25)20(26)23-21-22-19(12-27-21)17-10-6-8-15-7-4-5-9-16(15)17/h4-13H,1-3H3,(H,22,23,26). The molecule has 0 unspecified atom stereocenters. The molecule has 4 aromatic rings. The summed E-state index contributed by atoms with van der Waals surface area (Å²) >= 11 is 1.42. The number of aryl methyl sites for hydroxylation is 1. The van der Waals surface area contributed by atoms with Gasteiger partial charge in [-0.3, -0.25) is 14.8 Å². The number of benzene rings is 2. The Labute approximate surface area is 161 Å². The summed E-state index contributed by atoms with van der Waals surface area (Å²) < 4.78 is 1.85. The molecular weight excluding hydrogens is 356 g/mol. The van der Waals surface area contributed by atoms with E-state index < -0.39 is 0 Å². The van der Waals surface area contributed by atoms with E-state index in [-0.39, 0.29) is 11.9 Å². The van der Waals surface area contributed by atoms with Crippen molar-refractivity contribution in [1.82, 2.24) is 14.8 Å². The van der Waals surface area contributed by atoms with Gasteiger partial charge in [0, 0.05) is 22.7 Å². The maximum absolute atomic E-state index is 12.5. The summed E-state index contributed by atoms with van der Waals surface area (Å²) in [5.74, 6) is -0.240. The molecule has 0 saturated carbocycles. The van der Waals surface area contributed by atoms with Crippen LogP contribution >= 0.6 is 11.3 Å². The van der Waals surface area contributed by atoms with E-state index in [1.807, 2.05) is 49.0 Å². The Morgan fingerprint density at radius 1 is 1.15 bits per heavy atom. The van der Waals surface area contributed by atoms with Gasteiger partial charge in [0.1, 0.15) is 0 Å². The first-order chi connectivity index (χ1) is 13.0. The fourth-order valence-electron chi connectivity index (χ4n) is 3.19. The number of carbonyl (C=O) groups is 1. The van der Waals surface area contributed by atoms with Gasteiger partial charge in [0.15, 0.2) is 10.8 Å². The largest absolute Gasteiger partial charge is 0.296 e. The lowest BCUT2D eigenvalue weighted by Gasteiger charge is -2.06. The van der Waals surface area contributed by atoms with Crippen LogP contribution in [0.5, 0.6) is 0 Å². The van der Waals surface area contributed by atoms with Crippen molar-refractivity contribution in [2.75, 3.05) is 5.32 Å². The molecule has 0 atom stereocenters. The highest BCUT2D eigenvalue weighted by molar-refractivity contribution is 7.14. The minimum absolute atomic E-state index is 0.212. The van der Waals surface area contributed by atoms with Crippen LogP contribution in [0.25, 0.3) is 22.0 Å². The van der Waals surface area contributed by atoms with Gasteiger partial charge in [-0.2, -0.15) is 5.10 Å². The lowest BCUT2D eigenvalue weighted by molar-refractivity contribution is 0.102. The highest BCUT2D eigenvalue weighted by atomic mass is 32.1. The van der Waals surface area contributed by atoms with Crippen molar-refractivity contribution in [3.8, 4) is 11.3 Å². The van der Waals surface area contributed by atoms with Gasteiger partial charge >= 0.3 is 0 Å². The van der Waals surface area contributed by atoms with Gasteiger partial charge in [-0.05, 0) is 37.6 Å². The van der Waals surface area contributed by atoms with Crippen molar-refractivity contribution in [3.63, 3.8) is 0 Å². The SMILES string of the molecule is Cc1cc(C(=O)Nc2nc(-c3cccc4ccccc34)cs2)nn1C(C)C. The molecule has 0 fully saturated rings. The van der Waals surface area contributed by atoms with E-state index in [0.717, 1.165) is 22.3 Å². The highest BCUT2D eigenvalue weighted by Crippen LogP contribution is 2.31. The fourth-order valence-corrected chi connectivity index (χ4v) is 3.89. The quantitative estimate of drug-likeness (QED) is 0.526. The van der Waals surface area contributed by atoms with Crippen LogP contribution in [0.15, 0.2) is 53.9 Å². The van der Waals surface area contributed by atoms with Crippen molar-refractivity contribution in [2.24, 2.45) is 0 Å². The third-order valence-corrected chi connectivity index (χ3v) is 5.19. The molecule has 0 aliphatic carbocycles. The Bertz CT molecular complexity index is 1120. The number of carbonyl (C=O) groups excluding carboxylic acids is 1. The summed E-state index contributed by atoms with van der Waals surface area (Å²) in [5, 5.41) is 12.1. The lowest BCUT2D eigenvalue weighted by Crippen LogP contribution is -2.13. The van der Waals surface area contributed by atoms with Crippen LogP contribution in [-0.2, 0) is 0 Å². The van der Waals surface area contributed by atoms with Gasteiger partial charge in [0.25, 0.3) is 5.91 Å². The Morgan fingerprint density at radius 3 is 2.70 bits per heavy atom. The van der Waals surface area contributed by atoms with Crippen LogP contribution in [0, 0.1) is 6.92 Å². The normalized spacial score (nSPS) is 11.3. The summed E-state index contributed by atoms with van der Waals surface area (Å²) in [6, 6.07) is 16.4. The zero-order valence-electron chi connectivity index (χ0n) is 15.4. The Hall–Kier alpha value is -2.99. The number of hydrogen-bond acceptors (Lipinski definition) is 4. The molecule has 2 aromatic carbocycles.